The molecule has 29 heavy (non-hydrogen) atoms. The molecule has 4 nitrogen and oxygen atoms in total. The maximum atomic E-state index is 12.8. The van der Waals surface area contributed by atoms with Crippen molar-refractivity contribution >= 4 is 46.3 Å². The summed E-state index contributed by atoms with van der Waals surface area (Å²) in [6.07, 6.45) is 3.69. The van der Waals surface area contributed by atoms with Crippen molar-refractivity contribution in [3.05, 3.63) is 77.0 Å². The number of carbonyl (C=O) groups excluding carboxylic acids is 2. The van der Waals surface area contributed by atoms with E-state index in [2.05, 4.69) is 22.8 Å². The molecule has 0 aliphatic heterocycles. The Morgan fingerprint density at radius 2 is 1.59 bits per heavy atom. The van der Waals surface area contributed by atoms with Gasteiger partial charge in [0.15, 0.2) is 0 Å². The van der Waals surface area contributed by atoms with Gasteiger partial charge in [-0.25, -0.2) is 0 Å². The van der Waals surface area contributed by atoms with Gasteiger partial charge < -0.3 is 10.6 Å². The fourth-order valence-corrected chi connectivity index (χ4v) is 5.51. The second-order valence-electron chi connectivity index (χ2n) is 7.15. The first-order valence-corrected chi connectivity index (χ1v) is 11.3. The smallest absolute Gasteiger partial charge is 0.265 e. The molecule has 148 valence electrons. The van der Waals surface area contributed by atoms with Crippen LogP contribution in [0.2, 0.25) is 0 Å². The highest BCUT2D eigenvalue weighted by Crippen LogP contribution is 2.50. The summed E-state index contributed by atoms with van der Waals surface area (Å²) in [4.78, 5) is 27.1. The first-order valence-electron chi connectivity index (χ1n) is 9.61. The van der Waals surface area contributed by atoms with E-state index >= 15 is 0 Å². The average Bonchev–Trinajstić information content (AvgIpc) is 3.23. The topological polar surface area (TPSA) is 58.2 Å². The molecule has 0 radical (unpaired) electrons. The zero-order valence-electron chi connectivity index (χ0n) is 15.9. The average molecular weight is 423 g/mol. The second kappa shape index (κ2) is 8.84. The molecule has 1 aliphatic rings. The molecule has 2 amide bonds. The minimum Gasteiger partial charge on any atom is -0.324 e. The van der Waals surface area contributed by atoms with E-state index in [9.17, 15) is 9.59 Å². The van der Waals surface area contributed by atoms with Crippen molar-refractivity contribution in [3.8, 4) is 0 Å². The van der Waals surface area contributed by atoms with Crippen LogP contribution < -0.4 is 10.6 Å². The molecule has 4 rings (SSSR count). The van der Waals surface area contributed by atoms with E-state index in [1.54, 1.807) is 23.9 Å². The van der Waals surface area contributed by atoms with Crippen molar-refractivity contribution in [2.45, 2.75) is 35.3 Å². The fraction of sp³-hybridized carbons (Fsp3) is 0.217. The van der Waals surface area contributed by atoms with E-state index in [1.165, 1.54) is 16.2 Å². The molecule has 1 heterocycles. The molecular formula is C23H22N2O2S2. The van der Waals surface area contributed by atoms with E-state index in [0.29, 0.717) is 22.7 Å². The predicted molar refractivity (Wildman–Crippen MR) is 121 cm³/mol. The van der Waals surface area contributed by atoms with Gasteiger partial charge in [0.25, 0.3) is 5.91 Å². The van der Waals surface area contributed by atoms with Crippen LogP contribution in [0, 0.1) is 0 Å². The lowest BCUT2D eigenvalue weighted by Crippen LogP contribution is -2.37. The molecule has 3 aromatic rings. The quantitative estimate of drug-likeness (QED) is 0.488. The minimum absolute atomic E-state index is 0.0223. The number of thioether (sulfide) groups is 1. The third-order valence-corrected chi connectivity index (χ3v) is 7.38. The van der Waals surface area contributed by atoms with Crippen LogP contribution in [0.5, 0.6) is 0 Å². The standard InChI is InChI=1S/C23H22N2O2S2/c26-21(16-23(13-7-14-23)29-17-8-2-1-3-9-17)24-18-10-4-5-11-19(18)25-22(27)20-12-6-15-28-20/h1-6,8-12,15H,7,13-14,16H2,(H,24,26)(H,25,27). The number of hydrogen-bond acceptors (Lipinski definition) is 4. The maximum Gasteiger partial charge on any atom is 0.265 e. The van der Waals surface area contributed by atoms with Gasteiger partial charge in [-0.05, 0) is 48.6 Å². The largest absolute Gasteiger partial charge is 0.324 e. The number of nitrogens with one attached hydrogen (secondary N) is 2. The molecule has 1 fully saturated rings. The lowest BCUT2D eigenvalue weighted by atomic mass is 9.81. The van der Waals surface area contributed by atoms with Crippen molar-refractivity contribution in [3.63, 3.8) is 0 Å². The Balaban J connectivity index is 1.42. The van der Waals surface area contributed by atoms with Crippen molar-refractivity contribution < 1.29 is 9.59 Å². The zero-order valence-corrected chi connectivity index (χ0v) is 17.5. The van der Waals surface area contributed by atoms with E-state index in [-0.39, 0.29) is 16.6 Å². The molecule has 0 spiro atoms. The lowest BCUT2D eigenvalue weighted by molar-refractivity contribution is -0.117. The summed E-state index contributed by atoms with van der Waals surface area (Å²) >= 11 is 3.19. The number of benzene rings is 2. The second-order valence-corrected chi connectivity index (χ2v) is 9.64. The molecule has 1 aliphatic carbocycles. The van der Waals surface area contributed by atoms with Gasteiger partial charge in [0.05, 0.1) is 16.3 Å². The molecule has 6 heteroatoms. The van der Waals surface area contributed by atoms with Crippen LogP contribution in [0.15, 0.2) is 77.0 Å². The Kier molecular flexibility index (Phi) is 6.02. The van der Waals surface area contributed by atoms with E-state index in [1.807, 2.05) is 47.8 Å². The first kappa shape index (κ1) is 19.7. The zero-order chi connectivity index (χ0) is 20.1. The minimum atomic E-state index is -0.170. The predicted octanol–water partition coefficient (Wildman–Crippen LogP) is 6.04. The highest BCUT2D eigenvalue weighted by Gasteiger charge is 2.40. The first-order chi connectivity index (χ1) is 14.1. The van der Waals surface area contributed by atoms with Gasteiger partial charge in [-0.15, -0.1) is 23.1 Å². The summed E-state index contributed by atoms with van der Waals surface area (Å²) in [7, 11) is 0. The van der Waals surface area contributed by atoms with Crippen LogP contribution in [-0.4, -0.2) is 16.6 Å². The molecule has 2 N–H and O–H groups in total. The van der Waals surface area contributed by atoms with Crippen molar-refractivity contribution in [1.29, 1.82) is 0 Å². The number of anilines is 2. The Bertz CT molecular complexity index is 983. The van der Waals surface area contributed by atoms with Crippen molar-refractivity contribution in [2.75, 3.05) is 10.6 Å². The van der Waals surface area contributed by atoms with Gasteiger partial charge in [-0.1, -0.05) is 42.8 Å². The van der Waals surface area contributed by atoms with Crippen LogP contribution in [0.4, 0.5) is 11.4 Å². The van der Waals surface area contributed by atoms with Gasteiger partial charge in [-0.3, -0.25) is 9.59 Å². The summed E-state index contributed by atoms with van der Waals surface area (Å²) in [6.45, 7) is 0. The summed E-state index contributed by atoms with van der Waals surface area (Å²) in [5.74, 6) is -0.192. The number of thiophene rings is 1. The highest BCUT2D eigenvalue weighted by molar-refractivity contribution is 8.00. The number of carbonyl (C=O) groups is 2. The van der Waals surface area contributed by atoms with Crippen molar-refractivity contribution in [1.82, 2.24) is 0 Å². The number of rotatable bonds is 7. The molecular weight excluding hydrogens is 400 g/mol. The molecule has 1 aromatic heterocycles. The van der Waals surface area contributed by atoms with Gasteiger partial charge in [0.1, 0.15) is 0 Å². The Hall–Kier alpha value is -2.57. The van der Waals surface area contributed by atoms with Gasteiger partial charge in [0, 0.05) is 16.1 Å². The molecule has 0 unspecified atom stereocenters. The van der Waals surface area contributed by atoms with Crippen LogP contribution in [-0.2, 0) is 4.79 Å². The molecule has 2 aromatic carbocycles. The number of amides is 2. The summed E-state index contributed by atoms with van der Waals surface area (Å²) < 4.78 is -0.0411. The van der Waals surface area contributed by atoms with E-state index < -0.39 is 0 Å². The van der Waals surface area contributed by atoms with Crippen molar-refractivity contribution in [2.24, 2.45) is 0 Å². The van der Waals surface area contributed by atoms with E-state index in [4.69, 9.17) is 0 Å². The molecule has 1 saturated carbocycles. The van der Waals surface area contributed by atoms with Crippen LogP contribution in [0.25, 0.3) is 0 Å². The summed E-state index contributed by atoms with van der Waals surface area (Å²) in [5.41, 5.74) is 1.24. The van der Waals surface area contributed by atoms with Gasteiger partial charge in [0.2, 0.25) is 5.91 Å². The molecule has 0 bridgehead atoms. The summed E-state index contributed by atoms with van der Waals surface area (Å²) in [6, 6.07) is 21.2. The van der Waals surface area contributed by atoms with Gasteiger partial charge >= 0.3 is 0 Å². The monoisotopic (exact) mass is 422 g/mol. The van der Waals surface area contributed by atoms with Crippen LogP contribution >= 0.6 is 23.1 Å². The third-order valence-electron chi connectivity index (χ3n) is 5.02. The Morgan fingerprint density at radius 1 is 0.897 bits per heavy atom. The SMILES string of the molecule is O=C(CC1(Sc2ccccc2)CCC1)Nc1ccccc1NC(=O)c1cccs1. The molecule has 0 saturated heterocycles. The number of para-hydroxylation sites is 2. The Labute approximate surface area is 178 Å². The lowest BCUT2D eigenvalue weighted by Gasteiger charge is -2.40. The Morgan fingerprint density at radius 3 is 2.21 bits per heavy atom. The van der Waals surface area contributed by atoms with Crippen LogP contribution in [0.1, 0.15) is 35.4 Å². The normalized spacial score (nSPS) is 14.6. The number of hydrogen-bond donors (Lipinski definition) is 2. The van der Waals surface area contributed by atoms with Crippen LogP contribution in [0.3, 0.4) is 0 Å². The van der Waals surface area contributed by atoms with Gasteiger partial charge in [-0.2, -0.15) is 0 Å². The fourth-order valence-electron chi connectivity index (χ4n) is 3.40. The highest BCUT2D eigenvalue weighted by atomic mass is 32.2. The molecule has 0 atom stereocenters. The summed E-state index contributed by atoms with van der Waals surface area (Å²) in [5, 5.41) is 7.77. The third kappa shape index (κ3) is 4.89. The maximum absolute atomic E-state index is 12.8. The van der Waals surface area contributed by atoms with E-state index in [0.717, 1.165) is 19.3 Å².